The van der Waals surface area contributed by atoms with Crippen LogP contribution in [-0.4, -0.2) is 9.97 Å². The van der Waals surface area contributed by atoms with Crippen molar-refractivity contribution >= 4 is 38.8 Å². The van der Waals surface area contributed by atoms with Gasteiger partial charge in [-0.3, -0.25) is 0 Å². The largest absolute Gasteiger partial charge is 0.396 e. The number of thiazole rings is 1. The number of aromatic nitrogens is 2. The van der Waals surface area contributed by atoms with Crippen molar-refractivity contribution < 1.29 is 0 Å². The molecular weight excluding hydrogens is 300 g/mol. The van der Waals surface area contributed by atoms with Crippen LogP contribution in [0.2, 0.25) is 0 Å². The van der Waals surface area contributed by atoms with Crippen molar-refractivity contribution in [2.45, 2.75) is 19.9 Å². The summed E-state index contributed by atoms with van der Waals surface area (Å²) in [7, 11) is 0. The lowest BCUT2D eigenvalue weighted by atomic mass is 10.4. The fraction of sp³-hybridized carbons (Fsp3) is 0.273. The summed E-state index contributed by atoms with van der Waals surface area (Å²) in [4.78, 5) is 9.83. The second-order valence-corrected chi connectivity index (χ2v) is 5.63. The highest BCUT2D eigenvalue weighted by atomic mass is 79.9. The van der Waals surface area contributed by atoms with Crippen molar-refractivity contribution in [2.75, 3.05) is 11.1 Å². The molecule has 0 saturated heterocycles. The predicted octanol–water partition coefficient (Wildman–Crippen LogP) is 3.06. The van der Waals surface area contributed by atoms with Crippen LogP contribution in [0.4, 0.5) is 11.5 Å². The Bertz CT molecular complexity index is 512. The van der Waals surface area contributed by atoms with E-state index in [9.17, 15) is 0 Å². The molecule has 17 heavy (non-hydrogen) atoms. The lowest BCUT2D eigenvalue weighted by Gasteiger charge is -2.06. The van der Waals surface area contributed by atoms with Gasteiger partial charge in [-0.05, 0) is 28.4 Å². The SMILES string of the molecule is CCc1cnc(CNc2ncc(Br)cc2N)s1. The Kier molecular flexibility index (Phi) is 3.96. The molecule has 2 rings (SSSR count). The molecular formula is C11H13BrN4S. The third-order valence-corrected chi connectivity index (χ3v) is 3.82. The van der Waals surface area contributed by atoms with Gasteiger partial charge >= 0.3 is 0 Å². The van der Waals surface area contributed by atoms with Crippen LogP contribution in [0.3, 0.4) is 0 Å². The third-order valence-electron chi connectivity index (χ3n) is 2.24. The van der Waals surface area contributed by atoms with E-state index in [1.807, 2.05) is 12.3 Å². The molecule has 3 N–H and O–H groups in total. The van der Waals surface area contributed by atoms with Gasteiger partial charge in [0.25, 0.3) is 0 Å². The highest BCUT2D eigenvalue weighted by Crippen LogP contribution is 2.21. The van der Waals surface area contributed by atoms with E-state index in [0.717, 1.165) is 15.9 Å². The number of pyridine rings is 1. The Labute approximate surface area is 112 Å². The summed E-state index contributed by atoms with van der Waals surface area (Å²) in [5.74, 6) is 0.696. The molecule has 2 heterocycles. The molecule has 6 heteroatoms. The number of rotatable bonds is 4. The van der Waals surface area contributed by atoms with Gasteiger partial charge in [0.15, 0.2) is 0 Å². The smallest absolute Gasteiger partial charge is 0.149 e. The number of hydrogen-bond acceptors (Lipinski definition) is 5. The number of nitrogen functional groups attached to an aromatic ring is 1. The summed E-state index contributed by atoms with van der Waals surface area (Å²) in [6, 6.07) is 1.83. The van der Waals surface area contributed by atoms with Gasteiger partial charge in [-0.1, -0.05) is 6.92 Å². The van der Waals surface area contributed by atoms with Crippen molar-refractivity contribution in [3.8, 4) is 0 Å². The first-order chi connectivity index (χ1) is 8.19. The topological polar surface area (TPSA) is 63.8 Å². The van der Waals surface area contributed by atoms with E-state index in [2.05, 4.69) is 38.1 Å². The van der Waals surface area contributed by atoms with E-state index in [1.165, 1.54) is 4.88 Å². The minimum absolute atomic E-state index is 0.631. The van der Waals surface area contributed by atoms with Gasteiger partial charge in [0.1, 0.15) is 10.8 Å². The zero-order valence-electron chi connectivity index (χ0n) is 9.40. The summed E-state index contributed by atoms with van der Waals surface area (Å²) < 4.78 is 0.878. The monoisotopic (exact) mass is 312 g/mol. The molecule has 0 fully saturated rings. The molecule has 0 radical (unpaired) electrons. The summed E-state index contributed by atoms with van der Waals surface area (Å²) in [6.07, 6.45) is 4.66. The zero-order chi connectivity index (χ0) is 12.3. The summed E-state index contributed by atoms with van der Waals surface area (Å²) in [5.41, 5.74) is 6.48. The van der Waals surface area contributed by atoms with Crippen molar-refractivity contribution in [3.05, 3.63) is 32.8 Å². The molecule has 0 unspecified atom stereocenters. The van der Waals surface area contributed by atoms with Crippen LogP contribution in [0, 0.1) is 0 Å². The van der Waals surface area contributed by atoms with Gasteiger partial charge in [0.2, 0.25) is 0 Å². The maximum atomic E-state index is 5.84. The molecule has 0 aliphatic carbocycles. The molecule has 90 valence electrons. The Hall–Kier alpha value is -1.14. The average Bonchev–Trinajstić information content (AvgIpc) is 2.76. The summed E-state index contributed by atoms with van der Waals surface area (Å²) in [5, 5.41) is 4.23. The Morgan fingerprint density at radius 1 is 1.41 bits per heavy atom. The highest BCUT2D eigenvalue weighted by Gasteiger charge is 2.04. The number of halogens is 1. The van der Waals surface area contributed by atoms with E-state index >= 15 is 0 Å². The molecule has 0 aromatic carbocycles. The molecule has 0 spiro atoms. The maximum absolute atomic E-state index is 5.84. The minimum atomic E-state index is 0.631. The van der Waals surface area contributed by atoms with E-state index in [0.29, 0.717) is 18.1 Å². The maximum Gasteiger partial charge on any atom is 0.149 e. The van der Waals surface area contributed by atoms with Gasteiger partial charge in [-0.25, -0.2) is 9.97 Å². The lowest BCUT2D eigenvalue weighted by Crippen LogP contribution is -2.04. The third kappa shape index (κ3) is 3.17. The van der Waals surface area contributed by atoms with E-state index in [1.54, 1.807) is 17.5 Å². The van der Waals surface area contributed by atoms with Gasteiger partial charge in [-0.2, -0.15) is 0 Å². The fourth-order valence-electron chi connectivity index (χ4n) is 1.36. The van der Waals surface area contributed by atoms with E-state index in [4.69, 9.17) is 5.73 Å². The second kappa shape index (κ2) is 5.46. The van der Waals surface area contributed by atoms with Crippen LogP contribution in [0.15, 0.2) is 22.9 Å². The molecule has 0 saturated carbocycles. The number of hydrogen-bond donors (Lipinski definition) is 2. The zero-order valence-corrected chi connectivity index (χ0v) is 11.8. The fourth-order valence-corrected chi connectivity index (χ4v) is 2.51. The van der Waals surface area contributed by atoms with Gasteiger partial charge in [-0.15, -0.1) is 11.3 Å². The van der Waals surface area contributed by atoms with E-state index < -0.39 is 0 Å². The number of anilines is 2. The molecule has 0 bridgehead atoms. The second-order valence-electron chi connectivity index (χ2n) is 3.52. The van der Waals surface area contributed by atoms with Gasteiger partial charge < -0.3 is 11.1 Å². The van der Waals surface area contributed by atoms with E-state index in [-0.39, 0.29) is 0 Å². The van der Waals surface area contributed by atoms with Crippen LogP contribution < -0.4 is 11.1 Å². The van der Waals surface area contributed by atoms with Gasteiger partial charge in [0.05, 0.1) is 12.2 Å². The Balaban J connectivity index is 2.02. The van der Waals surface area contributed by atoms with Gasteiger partial charge in [0, 0.05) is 21.7 Å². The van der Waals surface area contributed by atoms with Crippen molar-refractivity contribution in [1.29, 1.82) is 0 Å². The lowest BCUT2D eigenvalue weighted by molar-refractivity contribution is 1.07. The average molecular weight is 313 g/mol. The first-order valence-electron chi connectivity index (χ1n) is 5.27. The Morgan fingerprint density at radius 2 is 2.24 bits per heavy atom. The first kappa shape index (κ1) is 12.3. The predicted molar refractivity (Wildman–Crippen MR) is 75.2 cm³/mol. The number of nitrogens with one attached hydrogen (secondary N) is 1. The first-order valence-corrected chi connectivity index (χ1v) is 6.88. The standard InChI is InChI=1S/C11H13BrN4S/c1-2-8-5-14-10(17-8)6-16-11-9(13)3-7(12)4-15-11/h3-5H,2,6,13H2,1H3,(H,15,16). The number of aryl methyl sites for hydroxylation is 1. The highest BCUT2D eigenvalue weighted by molar-refractivity contribution is 9.10. The van der Waals surface area contributed by atoms with Crippen LogP contribution in [0.1, 0.15) is 16.8 Å². The van der Waals surface area contributed by atoms with Crippen LogP contribution in [0.5, 0.6) is 0 Å². The normalized spacial score (nSPS) is 10.5. The molecule has 0 amide bonds. The molecule has 2 aromatic rings. The van der Waals surface area contributed by atoms with Crippen LogP contribution in [-0.2, 0) is 13.0 Å². The molecule has 0 aliphatic rings. The summed E-state index contributed by atoms with van der Waals surface area (Å²) in [6.45, 7) is 2.78. The Morgan fingerprint density at radius 3 is 2.88 bits per heavy atom. The van der Waals surface area contributed by atoms with Crippen LogP contribution >= 0.6 is 27.3 Å². The molecule has 0 aliphatic heterocycles. The minimum Gasteiger partial charge on any atom is -0.396 e. The molecule has 4 nitrogen and oxygen atoms in total. The van der Waals surface area contributed by atoms with Crippen molar-refractivity contribution in [2.24, 2.45) is 0 Å². The summed E-state index contributed by atoms with van der Waals surface area (Å²) >= 11 is 5.03. The van der Waals surface area contributed by atoms with Crippen molar-refractivity contribution in [3.63, 3.8) is 0 Å². The molecule has 0 atom stereocenters. The number of nitrogens with two attached hydrogens (primary N) is 1. The quantitative estimate of drug-likeness (QED) is 0.910. The number of nitrogens with zero attached hydrogens (tertiary/aromatic N) is 2. The molecule has 2 aromatic heterocycles. The van der Waals surface area contributed by atoms with Crippen molar-refractivity contribution in [1.82, 2.24) is 9.97 Å². The van der Waals surface area contributed by atoms with Crippen LogP contribution in [0.25, 0.3) is 0 Å².